The van der Waals surface area contributed by atoms with E-state index in [1.165, 1.54) is 0 Å². The normalized spacial score (nSPS) is 11.9. The quantitative estimate of drug-likeness (QED) is 0.117. The van der Waals surface area contributed by atoms with Gasteiger partial charge in [-0.05, 0) is 52.5 Å². The molecular weight excluding hydrogens is 642 g/mol. The van der Waals surface area contributed by atoms with Gasteiger partial charge in [0.15, 0.2) is 0 Å². The van der Waals surface area contributed by atoms with Crippen LogP contribution in [-0.4, -0.2) is 41.1 Å². The van der Waals surface area contributed by atoms with Crippen molar-refractivity contribution >= 4 is 32.7 Å². The lowest BCUT2D eigenvalue weighted by Crippen LogP contribution is -2.41. The Morgan fingerprint density at radius 3 is 2.11 bits per heavy atom. The van der Waals surface area contributed by atoms with E-state index in [2.05, 4.69) is 22.9 Å². The van der Waals surface area contributed by atoms with Crippen LogP contribution >= 0.6 is 15.9 Å². The molecule has 0 radical (unpaired) electrons. The second-order valence-corrected chi connectivity index (χ2v) is 12.1. The maximum atomic E-state index is 14.9. The number of nitrogens with zero attached hydrogens (tertiary/aromatic N) is 3. The number of ether oxygens (including phenoxy) is 2. The predicted molar refractivity (Wildman–Crippen MR) is 187 cm³/mol. The van der Waals surface area contributed by atoms with E-state index in [-0.39, 0.29) is 11.5 Å². The van der Waals surface area contributed by atoms with Crippen LogP contribution in [0.2, 0.25) is 0 Å². The number of methoxy groups -OCH3 is 2. The Morgan fingerprint density at radius 1 is 0.870 bits per heavy atom. The van der Waals surface area contributed by atoms with Crippen molar-refractivity contribution in [3.63, 3.8) is 0 Å². The van der Waals surface area contributed by atoms with Crippen molar-refractivity contribution in [2.75, 3.05) is 20.8 Å². The fourth-order valence-electron chi connectivity index (χ4n) is 5.93. The number of para-hydroxylation sites is 1. The van der Waals surface area contributed by atoms with Gasteiger partial charge in [-0.25, -0.2) is 4.98 Å². The highest BCUT2D eigenvalue weighted by molar-refractivity contribution is 9.10. The molecule has 5 aromatic rings. The molecule has 238 valence electrons. The molecule has 0 spiro atoms. The van der Waals surface area contributed by atoms with Crippen molar-refractivity contribution < 1.29 is 14.3 Å². The van der Waals surface area contributed by atoms with Gasteiger partial charge in [0.25, 0.3) is 5.56 Å². The van der Waals surface area contributed by atoms with E-state index >= 15 is 0 Å². The first-order valence-electron chi connectivity index (χ1n) is 15.7. The molecule has 0 saturated carbocycles. The molecule has 0 N–H and O–H groups in total. The average Bonchev–Trinajstić information content (AvgIpc) is 3.09. The summed E-state index contributed by atoms with van der Waals surface area (Å²) in [5.74, 6) is 0.907. The third-order valence-corrected chi connectivity index (χ3v) is 9.18. The molecular formula is C38H40BrN3O4. The molecule has 1 atom stereocenters. The van der Waals surface area contributed by atoms with E-state index in [0.29, 0.717) is 44.9 Å². The molecule has 1 aromatic heterocycles. The maximum absolute atomic E-state index is 14.9. The van der Waals surface area contributed by atoms with E-state index < -0.39 is 12.0 Å². The smallest absolute Gasteiger partial charge is 0.266 e. The largest absolute Gasteiger partial charge is 0.497 e. The van der Waals surface area contributed by atoms with Gasteiger partial charge in [0, 0.05) is 18.7 Å². The highest BCUT2D eigenvalue weighted by Crippen LogP contribution is 2.38. The Balaban J connectivity index is 1.73. The lowest BCUT2D eigenvalue weighted by atomic mass is 9.89. The summed E-state index contributed by atoms with van der Waals surface area (Å²) < 4.78 is 13.4. The summed E-state index contributed by atoms with van der Waals surface area (Å²) in [5.41, 5.74) is 2.66. The Hall–Kier alpha value is -4.43. The third kappa shape index (κ3) is 6.87. The van der Waals surface area contributed by atoms with E-state index in [1.54, 1.807) is 37.0 Å². The van der Waals surface area contributed by atoms with Crippen molar-refractivity contribution in [2.45, 2.75) is 51.5 Å². The van der Waals surface area contributed by atoms with Crippen molar-refractivity contribution in [3.8, 4) is 17.2 Å². The lowest BCUT2D eigenvalue weighted by molar-refractivity contribution is -0.134. The van der Waals surface area contributed by atoms with E-state index in [9.17, 15) is 9.59 Å². The van der Waals surface area contributed by atoms with Crippen LogP contribution in [0.1, 0.15) is 68.4 Å². The molecule has 4 aromatic carbocycles. The summed E-state index contributed by atoms with van der Waals surface area (Å²) in [4.78, 5) is 36.3. The van der Waals surface area contributed by atoms with Gasteiger partial charge in [0.1, 0.15) is 17.3 Å². The standard InChI is InChI=1S/C38H40BrN3O4/c1-5-6-7-16-23-41(38(44)34(27-17-10-8-11-18-27)28-19-12-9-13-20-28)26(2)36-40-31-22-15-14-21-30(31)37(43)42(36)32-24-29(45-3)25-33(46-4)35(32)39/h8-15,17-22,24-26,34H,5-7,16,23H2,1-4H3. The number of carbonyl (C=O) groups excluding carboxylic acids is 1. The molecule has 0 aliphatic rings. The summed E-state index contributed by atoms with van der Waals surface area (Å²) in [6.45, 7) is 4.65. The molecule has 0 aliphatic carbocycles. The summed E-state index contributed by atoms with van der Waals surface area (Å²) in [6.07, 6.45) is 3.98. The van der Waals surface area contributed by atoms with Crippen molar-refractivity contribution in [1.29, 1.82) is 0 Å². The minimum atomic E-state index is -0.564. The Labute approximate surface area is 278 Å². The SMILES string of the molecule is CCCCCCN(C(=O)C(c1ccccc1)c1ccccc1)C(C)c1nc2ccccc2c(=O)n1-c1cc(OC)cc(OC)c1Br. The topological polar surface area (TPSA) is 73.7 Å². The summed E-state index contributed by atoms with van der Waals surface area (Å²) >= 11 is 3.68. The molecule has 0 bridgehead atoms. The zero-order valence-electron chi connectivity index (χ0n) is 26.8. The van der Waals surface area contributed by atoms with Gasteiger partial charge in [-0.2, -0.15) is 0 Å². The number of hydrogen-bond acceptors (Lipinski definition) is 5. The van der Waals surface area contributed by atoms with Gasteiger partial charge < -0.3 is 14.4 Å². The molecule has 1 unspecified atom stereocenters. The van der Waals surface area contributed by atoms with Crippen molar-refractivity contribution in [2.24, 2.45) is 0 Å². The number of amides is 1. The first-order chi connectivity index (χ1) is 22.4. The van der Waals surface area contributed by atoms with Crippen LogP contribution in [0.4, 0.5) is 0 Å². The van der Waals surface area contributed by atoms with Gasteiger partial charge in [-0.15, -0.1) is 0 Å². The summed E-state index contributed by atoms with van der Waals surface area (Å²) in [5, 5.41) is 0.472. The first kappa shape index (κ1) is 32.9. The van der Waals surface area contributed by atoms with Crippen molar-refractivity contribution in [1.82, 2.24) is 14.5 Å². The number of unbranched alkanes of at least 4 members (excludes halogenated alkanes) is 3. The first-order valence-corrected chi connectivity index (χ1v) is 16.5. The monoisotopic (exact) mass is 681 g/mol. The van der Waals surface area contributed by atoms with Crippen LogP contribution in [0, 0.1) is 0 Å². The minimum Gasteiger partial charge on any atom is -0.497 e. The zero-order chi connectivity index (χ0) is 32.6. The predicted octanol–water partition coefficient (Wildman–Crippen LogP) is 8.47. The average molecular weight is 683 g/mol. The van der Waals surface area contributed by atoms with Crippen LogP contribution in [0.5, 0.6) is 11.5 Å². The number of halogens is 1. The van der Waals surface area contributed by atoms with E-state index in [1.807, 2.05) is 90.7 Å². The van der Waals surface area contributed by atoms with E-state index in [4.69, 9.17) is 14.5 Å². The second-order valence-electron chi connectivity index (χ2n) is 11.3. The van der Waals surface area contributed by atoms with Crippen LogP contribution in [-0.2, 0) is 4.79 Å². The van der Waals surface area contributed by atoms with Crippen LogP contribution in [0.3, 0.4) is 0 Å². The van der Waals surface area contributed by atoms with Gasteiger partial charge in [0.05, 0.1) is 47.2 Å². The second kappa shape index (κ2) is 15.2. The molecule has 8 heteroatoms. The molecule has 1 amide bonds. The van der Waals surface area contributed by atoms with Gasteiger partial charge >= 0.3 is 0 Å². The number of rotatable bonds is 13. The molecule has 0 fully saturated rings. The molecule has 46 heavy (non-hydrogen) atoms. The molecule has 0 aliphatic heterocycles. The van der Waals surface area contributed by atoms with Crippen LogP contribution in [0.15, 0.2) is 106 Å². The van der Waals surface area contributed by atoms with E-state index in [0.717, 1.165) is 36.8 Å². The number of aromatic nitrogens is 2. The molecule has 1 heterocycles. The van der Waals surface area contributed by atoms with Crippen molar-refractivity contribution in [3.05, 3.63) is 129 Å². The molecule has 7 nitrogen and oxygen atoms in total. The fourth-order valence-corrected chi connectivity index (χ4v) is 6.50. The Bertz CT molecular complexity index is 1800. The third-order valence-electron chi connectivity index (χ3n) is 8.38. The highest BCUT2D eigenvalue weighted by Gasteiger charge is 2.33. The number of carbonyl (C=O) groups is 1. The summed E-state index contributed by atoms with van der Waals surface area (Å²) in [7, 11) is 3.14. The highest BCUT2D eigenvalue weighted by atomic mass is 79.9. The number of hydrogen-bond donors (Lipinski definition) is 0. The fraction of sp³-hybridized carbons (Fsp3) is 0.289. The van der Waals surface area contributed by atoms with Crippen LogP contribution < -0.4 is 15.0 Å². The Kier molecular flexibility index (Phi) is 10.9. The van der Waals surface area contributed by atoms with Gasteiger partial charge in [-0.3, -0.25) is 14.2 Å². The maximum Gasteiger partial charge on any atom is 0.266 e. The zero-order valence-corrected chi connectivity index (χ0v) is 28.4. The molecule has 5 rings (SSSR count). The molecule has 0 saturated heterocycles. The number of fused-ring (bicyclic) bond motifs is 1. The minimum absolute atomic E-state index is 0.0438. The van der Waals surface area contributed by atoms with Gasteiger partial charge in [-0.1, -0.05) is 99.0 Å². The Morgan fingerprint density at radius 2 is 1.50 bits per heavy atom. The number of benzene rings is 4. The van der Waals surface area contributed by atoms with Gasteiger partial charge in [0.2, 0.25) is 5.91 Å². The lowest BCUT2D eigenvalue weighted by Gasteiger charge is -2.34. The summed E-state index contributed by atoms with van der Waals surface area (Å²) in [6, 6.07) is 30.0. The van der Waals surface area contributed by atoms with Crippen LogP contribution in [0.25, 0.3) is 16.6 Å².